The van der Waals surface area contributed by atoms with Crippen molar-refractivity contribution in [3.05, 3.63) is 40.6 Å². The van der Waals surface area contributed by atoms with Gasteiger partial charge in [0.25, 0.3) is 5.69 Å². The number of nitrogens with zero attached hydrogens (tertiary/aromatic N) is 2. The maximum Gasteiger partial charge on any atom is 0.278 e. The number of hydrogen-bond acceptors (Lipinski definition) is 6. The number of nitro groups is 1. The highest BCUT2D eigenvalue weighted by Crippen LogP contribution is 2.29. The Morgan fingerprint density at radius 3 is 2.71 bits per heavy atom. The zero-order valence-electron chi connectivity index (χ0n) is 11.2. The van der Waals surface area contributed by atoms with Crippen LogP contribution >= 0.6 is 0 Å². The molecule has 2 aromatic rings. The van der Waals surface area contributed by atoms with Gasteiger partial charge in [0.1, 0.15) is 5.52 Å². The van der Waals surface area contributed by atoms with E-state index in [1.54, 1.807) is 24.4 Å². The van der Waals surface area contributed by atoms with Crippen LogP contribution < -0.4 is 10.0 Å². The second-order valence-electron chi connectivity index (χ2n) is 4.38. The summed E-state index contributed by atoms with van der Waals surface area (Å²) in [7, 11) is -3.23. The van der Waals surface area contributed by atoms with Crippen molar-refractivity contribution in [3.8, 4) is 0 Å². The topological polar surface area (TPSA) is 114 Å². The molecule has 0 fully saturated rings. The van der Waals surface area contributed by atoms with Crippen LogP contribution in [0.1, 0.15) is 0 Å². The molecule has 0 aliphatic heterocycles. The fraction of sp³-hybridized carbons (Fsp3) is 0.250. The van der Waals surface area contributed by atoms with Crippen molar-refractivity contribution < 1.29 is 13.3 Å². The van der Waals surface area contributed by atoms with Crippen LogP contribution in [0.5, 0.6) is 0 Å². The lowest BCUT2D eigenvalue weighted by Gasteiger charge is -2.09. The maximum absolute atomic E-state index is 11.0. The summed E-state index contributed by atoms with van der Waals surface area (Å²) < 4.78 is 24.2. The van der Waals surface area contributed by atoms with E-state index in [4.69, 9.17) is 0 Å². The minimum Gasteiger partial charge on any atom is -0.382 e. The number of sulfonamides is 1. The average molecular weight is 310 g/mol. The summed E-state index contributed by atoms with van der Waals surface area (Å²) >= 11 is 0. The Kier molecular flexibility index (Phi) is 4.34. The highest BCUT2D eigenvalue weighted by Gasteiger charge is 2.14. The Labute approximate surface area is 121 Å². The first kappa shape index (κ1) is 15.1. The van der Waals surface area contributed by atoms with Gasteiger partial charge in [-0.15, -0.1) is 0 Å². The zero-order valence-corrected chi connectivity index (χ0v) is 12.1. The van der Waals surface area contributed by atoms with E-state index in [0.29, 0.717) is 23.1 Å². The second-order valence-corrected chi connectivity index (χ2v) is 6.22. The molecule has 1 aromatic carbocycles. The molecular formula is C12H14N4O4S. The molecule has 1 heterocycles. The van der Waals surface area contributed by atoms with Gasteiger partial charge in [-0.2, -0.15) is 0 Å². The van der Waals surface area contributed by atoms with Crippen LogP contribution in [-0.4, -0.2) is 37.7 Å². The summed E-state index contributed by atoms with van der Waals surface area (Å²) in [5, 5.41) is 14.4. The first-order chi connectivity index (χ1) is 9.88. The number of nitrogens with one attached hydrogen (secondary N) is 2. The molecule has 8 nitrogen and oxygen atoms in total. The Bertz CT molecular complexity index is 776. The predicted octanol–water partition coefficient (Wildman–Crippen LogP) is 1.10. The van der Waals surface area contributed by atoms with Gasteiger partial charge in [0.05, 0.1) is 22.3 Å². The highest BCUT2D eigenvalue weighted by molar-refractivity contribution is 7.88. The average Bonchev–Trinajstić information content (AvgIpc) is 2.42. The molecule has 9 heteroatoms. The number of hydrogen-bond donors (Lipinski definition) is 2. The van der Waals surface area contributed by atoms with Gasteiger partial charge in [0.2, 0.25) is 10.0 Å². The van der Waals surface area contributed by atoms with E-state index in [1.807, 2.05) is 0 Å². The molecule has 2 N–H and O–H groups in total. The molecule has 0 bridgehead atoms. The van der Waals surface area contributed by atoms with E-state index < -0.39 is 14.9 Å². The SMILES string of the molecule is CS(=O)(=O)NCCNc1ccc([N+](=O)[O-])c2cccnc12. The Morgan fingerprint density at radius 1 is 1.29 bits per heavy atom. The number of nitro benzene ring substituents is 1. The van der Waals surface area contributed by atoms with Gasteiger partial charge >= 0.3 is 0 Å². The summed E-state index contributed by atoms with van der Waals surface area (Å²) in [6.07, 6.45) is 2.63. The van der Waals surface area contributed by atoms with Gasteiger partial charge in [0, 0.05) is 25.4 Å². The van der Waals surface area contributed by atoms with Crippen LogP contribution in [-0.2, 0) is 10.0 Å². The van der Waals surface area contributed by atoms with Crippen molar-refractivity contribution in [3.63, 3.8) is 0 Å². The Morgan fingerprint density at radius 2 is 2.05 bits per heavy atom. The van der Waals surface area contributed by atoms with Gasteiger partial charge < -0.3 is 5.32 Å². The molecule has 0 amide bonds. The van der Waals surface area contributed by atoms with E-state index in [0.717, 1.165) is 6.26 Å². The Balaban J connectivity index is 2.22. The van der Waals surface area contributed by atoms with E-state index in [-0.39, 0.29) is 12.2 Å². The zero-order chi connectivity index (χ0) is 15.5. The van der Waals surface area contributed by atoms with Crippen molar-refractivity contribution in [2.45, 2.75) is 0 Å². The first-order valence-corrected chi connectivity index (χ1v) is 7.98. The van der Waals surface area contributed by atoms with Gasteiger partial charge in [-0.3, -0.25) is 15.1 Å². The fourth-order valence-electron chi connectivity index (χ4n) is 1.89. The molecule has 0 atom stereocenters. The van der Waals surface area contributed by atoms with Gasteiger partial charge in [-0.05, 0) is 18.2 Å². The van der Waals surface area contributed by atoms with E-state index in [9.17, 15) is 18.5 Å². The predicted molar refractivity (Wildman–Crippen MR) is 79.7 cm³/mol. The quantitative estimate of drug-likeness (QED) is 0.469. The number of pyridine rings is 1. The molecule has 21 heavy (non-hydrogen) atoms. The van der Waals surface area contributed by atoms with Crippen LogP contribution in [0.15, 0.2) is 30.5 Å². The lowest BCUT2D eigenvalue weighted by Crippen LogP contribution is -2.27. The number of benzene rings is 1. The van der Waals surface area contributed by atoms with Crippen LogP contribution in [0.3, 0.4) is 0 Å². The van der Waals surface area contributed by atoms with E-state index in [1.165, 1.54) is 6.07 Å². The summed E-state index contributed by atoms with van der Waals surface area (Å²) in [6, 6.07) is 6.22. The monoisotopic (exact) mass is 310 g/mol. The van der Waals surface area contributed by atoms with E-state index >= 15 is 0 Å². The largest absolute Gasteiger partial charge is 0.382 e. The van der Waals surface area contributed by atoms with E-state index in [2.05, 4.69) is 15.0 Å². The minimum absolute atomic E-state index is 0.0158. The molecule has 0 aliphatic rings. The van der Waals surface area contributed by atoms with Crippen molar-refractivity contribution in [2.24, 2.45) is 0 Å². The lowest BCUT2D eigenvalue weighted by molar-refractivity contribution is -0.383. The number of non-ortho nitro benzene ring substituents is 1. The number of rotatable bonds is 6. The third-order valence-corrected chi connectivity index (χ3v) is 3.48. The van der Waals surface area contributed by atoms with Crippen LogP contribution in [0.2, 0.25) is 0 Å². The second kappa shape index (κ2) is 6.02. The number of anilines is 1. The Hall–Kier alpha value is -2.26. The fourth-order valence-corrected chi connectivity index (χ4v) is 2.37. The summed E-state index contributed by atoms with van der Waals surface area (Å²) in [4.78, 5) is 14.7. The smallest absolute Gasteiger partial charge is 0.278 e. The van der Waals surface area contributed by atoms with Crippen molar-refractivity contribution in [1.29, 1.82) is 0 Å². The van der Waals surface area contributed by atoms with Crippen LogP contribution in [0.25, 0.3) is 10.9 Å². The first-order valence-electron chi connectivity index (χ1n) is 6.09. The molecule has 2 rings (SSSR count). The molecular weight excluding hydrogens is 296 g/mol. The number of aromatic nitrogens is 1. The highest BCUT2D eigenvalue weighted by atomic mass is 32.2. The maximum atomic E-state index is 11.0. The minimum atomic E-state index is -3.23. The molecule has 0 saturated carbocycles. The molecule has 112 valence electrons. The molecule has 0 aliphatic carbocycles. The normalized spacial score (nSPS) is 11.5. The summed E-state index contributed by atoms with van der Waals surface area (Å²) in [5.74, 6) is 0. The molecule has 0 radical (unpaired) electrons. The van der Waals surface area contributed by atoms with Crippen molar-refractivity contribution in [1.82, 2.24) is 9.71 Å². The third kappa shape index (κ3) is 3.86. The molecule has 0 unspecified atom stereocenters. The number of fused-ring (bicyclic) bond motifs is 1. The standard InChI is InChI=1S/C12H14N4O4S/c1-21(19,20)15-8-7-13-10-4-5-11(16(17)18)9-3-2-6-14-12(9)10/h2-6,13,15H,7-8H2,1H3. The summed E-state index contributed by atoms with van der Waals surface area (Å²) in [5.41, 5.74) is 1.08. The van der Waals surface area contributed by atoms with Gasteiger partial charge in [-0.1, -0.05) is 0 Å². The molecule has 0 spiro atoms. The van der Waals surface area contributed by atoms with Crippen molar-refractivity contribution >= 4 is 32.3 Å². The third-order valence-electron chi connectivity index (χ3n) is 2.75. The molecule has 0 saturated heterocycles. The lowest BCUT2D eigenvalue weighted by atomic mass is 10.1. The van der Waals surface area contributed by atoms with Gasteiger partial charge in [-0.25, -0.2) is 13.1 Å². The van der Waals surface area contributed by atoms with Crippen LogP contribution in [0.4, 0.5) is 11.4 Å². The van der Waals surface area contributed by atoms with Crippen molar-refractivity contribution in [2.75, 3.05) is 24.7 Å². The van der Waals surface area contributed by atoms with Crippen LogP contribution in [0, 0.1) is 10.1 Å². The molecule has 1 aromatic heterocycles. The van der Waals surface area contributed by atoms with Gasteiger partial charge in [0.15, 0.2) is 0 Å². The summed E-state index contributed by atoms with van der Waals surface area (Å²) in [6.45, 7) is 0.556.